The zero-order valence-corrected chi connectivity index (χ0v) is 22.4. The summed E-state index contributed by atoms with van der Waals surface area (Å²) in [6.45, 7) is 5.79. The number of hydrogen-bond acceptors (Lipinski definition) is 7. The van der Waals surface area contributed by atoms with E-state index in [0.717, 1.165) is 54.5 Å². The van der Waals surface area contributed by atoms with Crippen LogP contribution in [0.5, 0.6) is 5.75 Å². The van der Waals surface area contributed by atoms with Crippen molar-refractivity contribution < 1.29 is 17.9 Å². The van der Waals surface area contributed by atoms with E-state index < -0.39 is 22.6 Å². The average Bonchev–Trinajstić information content (AvgIpc) is 3.00. The van der Waals surface area contributed by atoms with E-state index in [4.69, 9.17) is 4.74 Å². The van der Waals surface area contributed by atoms with Crippen molar-refractivity contribution in [2.24, 2.45) is 11.8 Å². The maximum atomic E-state index is 13.0. The Balaban J connectivity index is 1.39. The molecule has 0 spiro atoms. The quantitative estimate of drug-likeness (QED) is 0.212. The van der Waals surface area contributed by atoms with Gasteiger partial charge < -0.3 is 15.4 Å². The molecule has 3 aliphatic rings. The SMILES string of the molecule is C=CC1CN2CCC1CC2[C@@H](Nc1c(Nc2ccc(C(F)(F)F)cc2)c(=O)c1=O)c1ccnc2ccc(OC)cc12. The smallest absolute Gasteiger partial charge is 0.416 e. The second kappa shape index (κ2) is 10.3. The number of alkyl halides is 3. The average molecular weight is 563 g/mol. The standard InChI is InChI=1S/C31H29F3N4O3/c1-3-17-16-38-13-11-18(17)14-25(38)26(22-10-12-35-24-9-8-21(41-2)15-23(22)24)37-28-27(29(39)30(28)40)36-20-6-4-19(5-7-20)31(32,33)34/h3-10,12,15,17-18,25-26,36-37H,1,11,13-14,16H2,2H3/t17?,18?,25?,26-/m0/s1. The van der Waals surface area contributed by atoms with E-state index in [1.165, 1.54) is 12.1 Å². The number of methoxy groups -OCH3 is 1. The third-order valence-electron chi connectivity index (χ3n) is 8.55. The first kappa shape index (κ1) is 27.0. The fourth-order valence-corrected chi connectivity index (χ4v) is 6.34. The molecule has 2 bridgehead atoms. The molecular weight excluding hydrogens is 533 g/mol. The zero-order chi connectivity index (χ0) is 28.9. The van der Waals surface area contributed by atoms with E-state index >= 15 is 0 Å². The maximum Gasteiger partial charge on any atom is 0.416 e. The van der Waals surface area contributed by atoms with Gasteiger partial charge in [-0.2, -0.15) is 13.2 Å². The third-order valence-corrected chi connectivity index (χ3v) is 8.55. The van der Waals surface area contributed by atoms with Crippen LogP contribution in [-0.4, -0.2) is 36.1 Å². The fourth-order valence-electron chi connectivity index (χ4n) is 6.34. The predicted octanol–water partition coefficient (Wildman–Crippen LogP) is 5.65. The van der Waals surface area contributed by atoms with Gasteiger partial charge in [-0.05, 0) is 85.3 Å². The summed E-state index contributed by atoms with van der Waals surface area (Å²) >= 11 is 0. The number of pyridine rings is 1. The minimum atomic E-state index is -4.48. The van der Waals surface area contributed by atoms with E-state index in [1.54, 1.807) is 13.3 Å². The Labute approximate surface area is 234 Å². The van der Waals surface area contributed by atoms with Crippen molar-refractivity contribution in [2.75, 3.05) is 30.8 Å². The molecule has 3 aliphatic heterocycles. The number of anilines is 3. The van der Waals surface area contributed by atoms with Crippen LogP contribution in [0, 0.1) is 11.8 Å². The summed E-state index contributed by atoms with van der Waals surface area (Å²) in [5, 5.41) is 7.14. The minimum absolute atomic E-state index is 0.0186. The Hall–Kier alpha value is -4.18. The van der Waals surface area contributed by atoms with Crippen LogP contribution in [0.1, 0.15) is 30.0 Å². The van der Waals surface area contributed by atoms with Crippen LogP contribution in [0.25, 0.3) is 10.9 Å². The number of halogens is 3. The molecule has 7 nitrogen and oxygen atoms in total. The summed E-state index contributed by atoms with van der Waals surface area (Å²) < 4.78 is 44.6. The summed E-state index contributed by atoms with van der Waals surface area (Å²) in [6.07, 6.45) is 1.20. The van der Waals surface area contributed by atoms with Gasteiger partial charge in [-0.1, -0.05) is 6.08 Å². The first-order valence-electron chi connectivity index (χ1n) is 13.5. The summed E-state index contributed by atoms with van der Waals surface area (Å²) in [5.41, 5.74) is -0.0711. The molecule has 1 aromatic heterocycles. The molecule has 0 radical (unpaired) electrons. The van der Waals surface area contributed by atoms with Crippen molar-refractivity contribution in [3.8, 4) is 5.75 Å². The zero-order valence-electron chi connectivity index (χ0n) is 22.4. The Kier molecular flexibility index (Phi) is 6.81. The fraction of sp³-hybridized carbons (Fsp3) is 0.323. The van der Waals surface area contributed by atoms with Gasteiger partial charge in [-0.25, -0.2) is 0 Å². The normalized spacial score (nSPS) is 22.9. The number of benzene rings is 2. The lowest BCUT2D eigenvalue weighted by atomic mass is 9.73. The number of nitrogens with one attached hydrogen (secondary N) is 2. The highest BCUT2D eigenvalue weighted by Crippen LogP contribution is 2.44. The third kappa shape index (κ3) is 4.86. The van der Waals surface area contributed by atoms with E-state index in [-0.39, 0.29) is 29.1 Å². The number of hydrogen-bond donors (Lipinski definition) is 2. The molecule has 0 aliphatic carbocycles. The van der Waals surface area contributed by atoms with Gasteiger partial charge in [0.2, 0.25) is 0 Å². The van der Waals surface area contributed by atoms with Crippen molar-refractivity contribution in [1.82, 2.24) is 9.88 Å². The number of fused-ring (bicyclic) bond motifs is 4. The molecule has 0 saturated carbocycles. The first-order valence-corrected chi connectivity index (χ1v) is 13.5. The number of rotatable bonds is 8. The summed E-state index contributed by atoms with van der Waals surface area (Å²) in [4.78, 5) is 32.5. The van der Waals surface area contributed by atoms with Crippen LogP contribution in [0.15, 0.2) is 77.0 Å². The highest BCUT2D eigenvalue weighted by atomic mass is 19.4. The number of piperidine rings is 3. The molecule has 2 N–H and O–H groups in total. The Morgan fingerprint density at radius 3 is 2.51 bits per heavy atom. The number of ether oxygens (including phenoxy) is 1. The molecule has 0 amide bonds. The molecule has 3 fully saturated rings. The second-order valence-corrected chi connectivity index (χ2v) is 10.8. The van der Waals surface area contributed by atoms with Crippen LogP contribution in [0.2, 0.25) is 0 Å². The second-order valence-electron chi connectivity index (χ2n) is 10.8. The molecule has 10 heteroatoms. The van der Waals surface area contributed by atoms with Crippen LogP contribution < -0.4 is 26.2 Å². The van der Waals surface area contributed by atoms with Gasteiger partial charge in [0.1, 0.15) is 17.1 Å². The van der Waals surface area contributed by atoms with E-state index in [2.05, 4.69) is 27.1 Å². The summed E-state index contributed by atoms with van der Waals surface area (Å²) in [7, 11) is 1.59. The van der Waals surface area contributed by atoms with Crippen LogP contribution in [0.4, 0.5) is 30.2 Å². The highest BCUT2D eigenvalue weighted by molar-refractivity contribution is 5.85. The molecule has 3 saturated heterocycles. The lowest BCUT2D eigenvalue weighted by Crippen LogP contribution is -2.56. The molecule has 212 valence electrons. The Morgan fingerprint density at radius 1 is 1.10 bits per heavy atom. The lowest BCUT2D eigenvalue weighted by molar-refractivity contribution is -0.137. The first-order chi connectivity index (χ1) is 19.7. The van der Waals surface area contributed by atoms with Gasteiger partial charge >= 0.3 is 6.18 Å². The van der Waals surface area contributed by atoms with E-state index in [0.29, 0.717) is 17.6 Å². The maximum absolute atomic E-state index is 13.0. The summed E-state index contributed by atoms with van der Waals surface area (Å²) in [5.74, 6) is 1.51. The minimum Gasteiger partial charge on any atom is -0.497 e. The van der Waals surface area contributed by atoms with Gasteiger partial charge in [0, 0.05) is 29.9 Å². The summed E-state index contributed by atoms with van der Waals surface area (Å²) in [6, 6.07) is 11.5. The van der Waals surface area contributed by atoms with Gasteiger partial charge in [0.25, 0.3) is 10.9 Å². The molecular formula is C31H29F3N4O3. The molecule has 7 rings (SSSR count). The number of aromatic nitrogens is 1. The van der Waals surface area contributed by atoms with Gasteiger partial charge in [-0.3, -0.25) is 19.5 Å². The van der Waals surface area contributed by atoms with Crippen molar-refractivity contribution in [3.63, 3.8) is 0 Å². The molecule has 41 heavy (non-hydrogen) atoms. The lowest BCUT2D eigenvalue weighted by Gasteiger charge is -2.52. The van der Waals surface area contributed by atoms with Crippen LogP contribution in [-0.2, 0) is 6.18 Å². The largest absolute Gasteiger partial charge is 0.497 e. The van der Waals surface area contributed by atoms with Crippen molar-refractivity contribution in [3.05, 3.63) is 99.0 Å². The molecule has 4 unspecified atom stereocenters. The van der Waals surface area contributed by atoms with E-state index in [9.17, 15) is 22.8 Å². The molecule has 3 aromatic carbocycles. The van der Waals surface area contributed by atoms with Crippen molar-refractivity contribution in [2.45, 2.75) is 31.1 Å². The Morgan fingerprint density at radius 2 is 1.85 bits per heavy atom. The van der Waals surface area contributed by atoms with Crippen molar-refractivity contribution in [1.29, 1.82) is 0 Å². The van der Waals surface area contributed by atoms with Crippen molar-refractivity contribution >= 4 is 28.0 Å². The highest BCUT2D eigenvalue weighted by Gasteiger charge is 2.43. The molecule has 5 atom stereocenters. The number of nitrogens with zero attached hydrogens (tertiary/aromatic N) is 2. The van der Waals surface area contributed by atoms with Gasteiger partial charge in [0.05, 0.1) is 24.2 Å². The topological polar surface area (TPSA) is 83.6 Å². The predicted molar refractivity (Wildman–Crippen MR) is 153 cm³/mol. The molecule has 4 heterocycles. The van der Waals surface area contributed by atoms with Crippen LogP contribution in [0.3, 0.4) is 0 Å². The molecule has 4 aromatic rings. The van der Waals surface area contributed by atoms with E-state index in [1.807, 2.05) is 30.3 Å². The van der Waals surface area contributed by atoms with Gasteiger partial charge in [-0.15, -0.1) is 6.58 Å². The van der Waals surface area contributed by atoms with Crippen LogP contribution >= 0.6 is 0 Å². The van der Waals surface area contributed by atoms with Gasteiger partial charge in [0.15, 0.2) is 0 Å². The Bertz CT molecular complexity index is 1680. The monoisotopic (exact) mass is 562 g/mol.